The van der Waals surface area contributed by atoms with Crippen LogP contribution in [0.4, 0.5) is 0 Å². The van der Waals surface area contributed by atoms with Gasteiger partial charge in [-0.3, -0.25) is 9.69 Å². The molecule has 0 aliphatic rings. The molecule has 0 saturated heterocycles. The third kappa shape index (κ3) is 6.49. The Morgan fingerprint density at radius 3 is 2.75 bits per heavy atom. The number of carbonyl (C=O) groups is 2. The molecule has 110 valence electrons. The lowest BCUT2D eigenvalue weighted by Crippen LogP contribution is -2.38. The van der Waals surface area contributed by atoms with E-state index >= 15 is 0 Å². The van der Waals surface area contributed by atoms with Crippen LogP contribution in [0, 0.1) is 0 Å². The predicted octanol–water partition coefficient (Wildman–Crippen LogP) is 1.80. The SMILES string of the molecule is CC(C)NC(=O)CN(C)Cc1ccc(C=CC(=O)O)s1. The number of carboxylic acid groups (broad SMARTS) is 1. The summed E-state index contributed by atoms with van der Waals surface area (Å²) >= 11 is 1.52. The molecule has 0 atom stereocenters. The molecule has 1 aromatic rings. The number of nitrogens with zero attached hydrogens (tertiary/aromatic N) is 1. The van der Waals surface area contributed by atoms with E-state index in [-0.39, 0.29) is 11.9 Å². The van der Waals surface area contributed by atoms with E-state index in [9.17, 15) is 9.59 Å². The van der Waals surface area contributed by atoms with Crippen molar-refractivity contribution in [2.24, 2.45) is 0 Å². The molecule has 0 aromatic carbocycles. The van der Waals surface area contributed by atoms with E-state index < -0.39 is 5.97 Å². The maximum absolute atomic E-state index is 11.6. The predicted molar refractivity (Wildman–Crippen MR) is 80.6 cm³/mol. The zero-order valence-electron chi connectivity index (χ0n) is 11.9. The van der Waals surface area contributed by atoms with Gasteiger partial charge in [0, 0.05) is 28.4 Å². The molecule has 2 N–H and O–H groups in total. The lowest BCUT2D eigenvalue weighted by Gasteiger charge is -2.16. The van der Waals surface area contributed by atoms with Crippen LogP contribution >= 0.6 is 11.3 Å². The summed E-state index contributed by atoms with van der Waals surface area (Å²) in [4.78, 5) is 26.0. The molecule has 20 heavy (non-hydrogen) atoms. The van der Waals surface area contributed by atoms with E-state index in [2.05, 4.69) is 5.32 Å². The summed E-state index contributed by atoms with van der Waals surface area (Å²) in [5.41, 5.74) is 0. The first-order valence-electron chi connectivity index (χ1n) is 6.34. The highest BCUT2D eigenvalue weighted by atomic mass is 32.1. The van der Waals surface area contributed by atoms with E-state index in [1.165, 1.54) is 11.3 Å². The molecular weight excluding hydrogens is 276 g/mol. The fourth-order valence-electron chi connectivity index (χ4n) is 1.66. The van der Waals surface area contributed by atoms with Crippen molar-refractivity contribution in [3.05, 3.63) is 28.0 Å². The number of hydrogen-bond acceptors (Lipinski definition) is 4. The van der Waals surface area contributed by atoms with Crippen molar-refractivity contribution >= 4 is 29.3 Å². The van der Waals surface area contributed by atoms with E-state index in [0.717, 1.165) is 15.8 Å². The molecule has 0 saturated carbocycles. The van der Waals surface area contributed by atoms with Crippen LogP contribution < -0.4 is 5.32 Å². The smallest absolute Gasteiger partial charge is 0.328 e. The van der Waals surface area contributed by atoms with Crippen molar-refractivity contribution in [2.75, 3.05) is 13.6 Å². The third-order valence-corrected chi connectivity index (χ3v) is 3.40. The van der Waals surface area contributed by atoms with Crippen molar-refractivity contribution in [3.63, 3.8) is 0 Å². The van der Waals surface area contributed by atoms with Gasteiger partial charge >= 0.3 is 5.97 Å². The highest BCUT2D eigenvalue weighted by Crippen LogP contribution is 2.19. The van der Waals surface area contributed by atoms with Crippen LogP contribution in [0.1, 0.15) is 23.6 Å². The van der Waals surface area contributed by atoms with Gasteiger partial charge in [0.2, 0.25) is 5.91 Å². The molecule has 1 heterocycles. The maximum atomic E-state index is 11.6. The minimum absolute atomic E-state index is 0.00468. The van der Waals surface area contributed by atoms with Crippen LogP contribution in [0.15, 0.2) is 18.2 Å². The molecule has 0 bridgehead atoms. The van der Waals surface area contributed by atoms with Gasteiger partial charge in [-0.05, 0) is 39.1 Å². The summed E-state index contributed by atoms with van der Waals surface area (Å²) < 4.78 is 0. The first kappa shape index (κ1) is 16.4. The number of aliphatic carboxylic acids is 1. The summed E-state index contributed by atoms with van der Waals surface area (Å²) in [6.45, 7) is 4.87. The number of hydrogen-bond donors (Lipinski definition) is 2. The summed E-state index contributed by atoms with van der Waals surface area (Å²) in [6, 6.07) is 3.97. The molecule has 6 heteroatoms. The lowest BCUT2D eigenvalue weighted by molar-refractivity contribution is -0.131. The second-order valence-electron chi connectivity index (χ2n) is 4.87. The number of carbonyl (C=O) groups excluding carboxylic acids is 1. The Balaban J connectivity index is 2.48. The van der Waals surface area contributed by atoms with E-state index in [1.54, 1.807) is 6.08 Å². The molecule has 5 nitrogen and oxygen atoms in total. The highest BCUT2D eigenvalue weighted by molar-refractivity contribution is 7.12. The van der Waals surface area contributed by atoms with Gasteiger partial charge in [-0.25, -0.2) is 4.79 Å². The largest absolute Gasteiger partial charge is 0.478 e. The Morgan fingerprint density at radius 2 is 2.15 bits per heavy atom. The van der Waals surface area contributed by atoms with Crippen molar-refractivity contribution in [3.8, 4) is 0 Å². The third-order valence-electron chi connectivity index (χ3n) is 2.36. The molecule has 1 rings (SSSR count). The Hall–Kier alpha value is -1.66. The number of nitrogens with one attached hydrogen (secondary N) is 1. The van der Waals surface area contributed by atoms with Crippen LogP contribution in [0.3, 0.4) is 0 Å². The van der Waals surface area contributed by atoms with Crippen LogP contribution in [-0.4, -0.2) is 41.5 Å². The van der Waals surface area contributed by atoms with Gasteiger partial charge in [-0.1, -0.05) is 0 Å². The van der Waals surface area contributed by atoms with Gasteiger partial charge in [0.05, 0.1) is 6.54 Å². The molecule has 1 aromatic heterocycles. The van der Waals surface area contributed by atoms with Gasteiger partial charge in [0.15, 0.2) is 0 Å². The molecule has 0 aliphatic carbocycles. The van der Waals surface area contributed by atoms with Crippen LogP contribution in [0.2, 0.25) is 0 Å². The Labute approximate surface area is 122 Å². The Morgan fingerprint density at radius 1 is 1.45 bits per heavy atom. The van der Waals surface area contributed by atoms with Crippen molar-refractivity contribution in [1.82, 2.24) is 10.2 Å². The molecule has 0 radical (unpaired) electrons. The fraction of sp³-hybridized carbons (Fsp3) is 0.429. The fourth-order valence-corrected chi connectivity index (χ4v) is 2.65. The van der Waals surface area contributed by atoms with E-state index in [0.29, 0.717) is 13.1 Å². The molecular formula is C14H20N2O3S. The number of rotatable bonds is 7. The summed E-state index contributed by atoms with van der Waals surface area (Å²) in [5.74, 6) is -0.951. The summed E-state index contributed by atoms with van der Waals surface area (Å²) in [6.07, 6.45) is 2.69. The molecule has 1 amide bonds. The second-order valence-corrected chi connectivity index (χ2v) is 6.07. The van der Waals surface area contributed by atoms with E-state index in [1.807, 2.05) is 37.9 Å². The first-order valence-corrected chi connectivity index (χ1v) is 7.16. The minimum Gasteiger partial charge on any atom is -0.478 e. The van der Waals surface area contributed by atoms with Gasteiger partial charge < -0.3 is 10.4 Å². The standard InChI is InChI=1S/C14H20N2O3S/c1-10(2)15-13(17)9-16(3)8-12-5-4-11(20-12)6-7-14(18)19/h4-7,10H,8-9H2,1-3H3,(H,15,17)(H,18,19). The molecule has 0 spiro atoms. The number of carboxylic acids is 1. The van der Waals surface area contributed by atoms with Gasteiger partial charge in [0.1, 0.15) is 0 Å². The lowest BCUT2D eigenvalue weighted by atomic mass is 10.3. The van der Waals surface area contributed by atoms with E-state index in [4.69, 9.17) is 5.11 Å². The van der Waals surface area contributed by atoms with Crippen LogP contribution in [0.5, 0.6) is 0 Å². The zero-order valence-corrected chi connectivity index (χ0v) is 12.7. The topological polar surface area (TPSA) is 69.6 Å². The zero-order chi connectivity index (χ0) is 15.1. The second kappa shape index (κ2) is 7.81. The normalized spacial score (nSPS) is 11.4. The minimum atomic E-state index is -0.956. The average molecular weight is 296 g/mol. The van der Waals surface area contributed by atoms with Gasteiger partial charge in [-0.15, -0.1) is 11.3 Å². The van der Waals surface area contributed by atoms with Gasteiger partial charge in [-0.2, -0.15) is 0 Å². The number of likely N-dealkylation sites (N-methyl/N-ethyl adjacent to an activating group) is 1. The highest BCUT2D eigenvalue weighted by Gasteiger charge is 2.09. The number of amides is 1. The van der Waals surface area contributed by atoms with Crippen LogP contribution in [0.25, 0.3) is 6.08 Å². The summed E-state index contributed by atoms with van der Waals surface area (Å²) in [7, 11) is 1.88. The maximum Gasteiger partial charge on any atom is 0.328 e. The van der Waals surface area contributed by atoms with Crippen molar-refractivity contribution in [2.45, 2.75) is 26.4 Å². The first-order chi connectivity index (χ1) is 9.36. The summed E-state index contributed by atoms with van der Waals surface area (Å²) in [5, 5.41) is 11.4. The van der Waals surface area contributed by atoms with Crippen LogP contribution in [-0.2, 0) is 16.1 Å². The Bertz CT molecular complexity index is 494. The molecule has 0 fully saturated rings. The molecule has 0 unspecified atom stereocenters. The van der Waals surface area contributed by atoms with Crippen molar-refractivity contribution < 1.29 is 14.7 Å². The average Bonchev–Trinajstić information content (AvgIpc) is 2.72. The monoisotopic (exact) mass is 296 g/mol. The number of thiophene rings is 1. The quantitative estimate of drug-likeness (QED) is 0.753. The molecule has 0 aliphatic heterocycles. The van der Waals surface area contributed by atoms with Crippen molar-refractivity contribution in [1.29, 1.82) is 0 Å². The Kier molecular flexibility index (Phi) is 6.41. The van der Waals surface area contributed by atoms with Gasteiger partial charge in [0.25, 0.3) is 0 Å².